The summed E-state index contributed by atoms with van der Waals surface area (Å²) in [6.45, 7) is 0.687. The van der Waals surface area contributed by atoms with Gasteiger partial charge in [-0.2, -0.15) is 5.10 Å². The Morgan fingerprint density at radius 2 is 1.83 bits per heavy atom. The molecule has 4 N–H and O–H groups in total. The molecule has 0 bridgehead atoms. The van der Waals surface area contributed by atoms with E-state index in [4.69, 9.17) is 4.74 Å². The highest BCUT2D eigenvalue weighted by atomic mass is 32.2. The van der Waals surface area contributed by atoms with E-state index in [9.17, 15) is 22.8 Å². The van der Waals surface area contributed by atoms with Gasteiger partial charge in [-0.1, -0.05) is 6.07 Å². The number of carbonyl (C=O) groups excluding carboxylic acids is 3. The van der Waals surface area contributed by atoms with E-state index in [0.717, 1.165) is 5.56 Å². The third-order valence-corrected chi connectivity index (χ3v) is 11.4. The average Bonchev–Trinajstić information content (AvgIpc) is 3.43. The Kier molecular flexibility index (Phi) is 4.17. The molecule has 0 radical (unpaired) electrons. The lowest BCUT2D eigenvalue weighted by molar-refractivity contribution is -0.621. The highest BCUT2D eigenvalue weighted by Crippen LogP contribution is 3.06. The lowest BCUT2D eigenvalue weighted by Gasteiger charge is -3.11. The summed E-state index contributed by atoms with van der Waals surface area (Å²) in [5.74, 6) is 2.18. The van der Waals surface area contributed by atoms with E-state index >= 15 is 0 Å². The maximum Gasteiger partial charge on any atom is 0.270 e. The molecule has 10 rings (SSSR count). The van der Waals surface area contributed by atoms with Crippen molar-refractivity contribution >= 4 is 39.1 Å². The van der Waals surface area contributed by atoms with Crippen LogP contribution in [0.15, 0.2) is 36.5 Å². The Bertz CT molecular complexity index is 1810. The number of fused-ring (bicyclic) bond motifs is 2. The molecule has 3 amide bonds. The summed E-state index contributed by atoms with van der Waals surface area (Å²) in [5.41, 5.74) is 1.87. The molecular formula is C27H25N7O6S. The maximum atomic E-state index is 13.4. The van der Waals surface area contributed by atoms with Crippen molar-refractivity contribution in [3.05, 3.63) is 53.5 Å². The van der Waals surface area contributed by atoms with Gasteiger partial charge in [0, 0.05) is 30.8 Å². The van der Waals surface area contributed by atoms with Gasteiger partial charge in [-0.25, -0.2) is 22.6 Å². The van der Waals surface area contributed by atoms with Gasteiger partial charge in [0.05, 0.1) is 18.1 Å². The Labute approximate surface area is 233 Å². The number of sulfonamides is 1. The number of amides is 3. The highest BCUT2D eigenvalue weighted by Gasteiger charge is 3.10. The second-order valence-electron chi connectivity index (χ2n) is 12.2. The van der Waals surface area contributed by atoms with Crippen LogP contribution >= 0.6 is 0 Å². The minimum Gasteiger partial charge on any atom is -0.482 e. The van der Waals surface area contributed by atoms with Crippen LogP contribution in [0.3, 0.4) is 0 Å². The molecule has 0 saturated heterocycles. The van der Waals surface area contributed by atoms with Crippen molar-refractivity contribution in [1.82, 2.24) is 30.0 Å². The Morgan fingerprint density at radius 1 is 1.07 bits per heavy atom. The van der Waals surface area contributed by atoms with Crippen molar-refractivity contribution in [2.24, 2.45) is 40.9 Å². The van der Waals surface area contributed by atoms with Crippen LogP contribution in [-0.4, -0.2) is 65.7 Å². The summed E-state index contributed by atoms with van der Waals surface area (Å²) in [5, 5.41) is 12.9. The third-order valence-electron chi connectivity index (χ3n) is 10.7. The van der Waals surface area contributed by atoms with E-state index in [0.29, 0.717) is 59.1 Å². The standard InChI is InChI=1S/C27H25N7O6S/c1-41(38,39)33-27-21-18-22(27)20-23(27)19(21)26(18,20)10-29-25(37)14-7-13(31-16-4-5-30-34(14)16)24(36)28-8-11-2-3-15-12(6-11)32-17(35)9-40-15/h2-7,18-23,33H,8-10H2,1H3,(H,28,36)(H,29,37)(H,32,35). The molecule has 210 valence electrons. The molecule has 3 aromatic rings. The first-order chi connectivity index (χ1) is 19.6. The average molecular weight is 576 g/mol. The summed E-state index contributed by atoms with van der Waals surface area (Å²) < 4.78 is 33.5. The zero-order valence-electron chi connectivity index (χ0n) is 21.7. The van der Waals surface area contributed by atoms with Crippen LogP contribution in [0.4, 0.5) is 5.69 Å². The van der Waals surface area contributed by atoms with Crippen LogP contribution in [0.2, 0.25) is 0 Å². The maximum absolute atomic E-state index is 13.4. The van der Waals surface area contributed by atoms with Gasteiger partial charge >= 0.3 is 0 Å². The molecule has 2 aromatic heterocycles. The van der Waals surface area contributed by atoms with Gasteiger partial charge in [-0.05, 0) is 58.6 Å². The van der Waals surface area contributed by atoms with E-state index < -0.39 is 15.9 Å². The quantitative estimate of drug-likeness (QED) is 0.285. The number of aromatic nitrogens is 3. The fraction of sp³-hybridized carbons (Fsp3) is 0.444. The number of rotatable bonds is 8. The van der Waals surface area contributed by atoms with Crippen LogP contribution in [0.25, 0.3) is 5.65 Å². The lowest BCUT2D eigenvalue weighted by atomic mass is 8.94. The fourth-order valence-electron chi connectivity index (χ4n) is 9.66. The van der Waals surface area contributed by atoms with Gasteiger partial charge in [-0.15, -0.1) is 0 Å². The SMILES string of the molecule is CS(=O)(=O)NC12C3C4C1C1C2C3C41CNC(=O)c1cc(C(=O)NCc2ccc3c(c2)NC(=O)CO3)nc2ccnn12. The molecule has 1 aliphatic heterocycles. The van der Waals surface area contributed by atoms with Gasteiger partial charge in [0.1, 0.15) is 17.1 Å². The van der Waals surface area contributed by atoms with Gasteiger partial charge in [0.25, 0.3) is 17.7 Å². The second kappa shape index (κ2) is 7.23. The smallest absolute Gasteiger partial charge is 0.270 e. The molecule has 6 aliphatic carbocycles. The minimum absolute atomic E-state index is 0.0322. The van der Waals surface area contributed by atoms with E-state index in [2.05, 4.69) is 30.8 Å². The van der Waals surface area contributed by atoms with Crippen molar-refractivity contribution in [2.75, 3.05) is 24.7 Å². The molecule has 0 unspecified atom stereocenters. The molecule has 41 heavy (non-hydrogen) atoms. The van der Waals surface area contributed by atoms with Gasteiger partial charge < -0.3 is 20.7 Å². The van der Waals surface area contributed by atoms with Crippen molar-refractivity contribution in [3.63, 3.8) is 0 Å². The Hall–Kier alpha value is -4.04. The molecule has 6 saturated carbocycles. The first kappa shape index (κ1) is 23.6. The van der Waals surface area contributed by atoms with E-state index in [1.54, 1.807) is 24.3 Å². The summed E-state index contributed by atoms with van der Waals surface area (Å²) in [6, 6.07) is 8.34. The first-order valence-corrected chi connectivity index (χ1v) is 15.5. The van der Waals surface area contributed by atoms with Crippen LogP contribution in [0.1, 0.15) is 26.5 Å². The lowest BCUT2D eigenvalue weighted by Crippen LogP contribution is -3.15. The number of nitrogens with one attached hydrogen (secondary N) is 4. The Morgan fingerprint density at radius 3 is 2.56 bits per heavy atom. The molecule has 13 nitrogen and oxygen atoms in total. The highest BCUT2D eigenvalue weighted by molar-refractivity contribution is 7.88. The second-order valence-corrected chi connectivity index (χ2v) is 14.0. The molecule has 6 fully saturated rings. The van der Waals surface area contributed by atoms with E-state index in [1.165, 1.54) is 23.0 Å². The van der Waals surface area contributed by atoms with Gasteiger partial charge in [-0.3, -0.25) is 14.4 Å². The predicted molar refractivity (Wildman–Crippen MR) is 141 cm³/mol. The number of anilines is 1. The summed E-state index contributed by atoms with van der Waals surface area (Å²) in [7, 11) is -3.24. The van der Waals surface area contributed by atoms with E-state index in [1.807, 2.05) is 0 Å². The predicted octanol–water partition coefficient (Wildman–Crippen LogP) is -0.240. The molecule has 0 spiro atoms. The fourth-order valence-corrected chi connectivity index (χ4v) is 10.7. The molecule has 14 heteroatoms. The summed E-state index contributed by atoms with van der Waals surface area (Å²) in [6.07, 6.45) is 2.75. The van der Waals surface area contributed by atoms with Crippen molar-refractivity contribution in [1.29, 1.82) is 0 Å². The number of ether oxygens (including phenoxy) is 1. The minimum atomic E-state index is -3.24. The van der Waals surface area contributed by atoms with Crippen molar-refractivity contribution < 1.29 is 27.5 Å². The van der Waals surface area contributed by atoms with Crippen molar-refractivity contribution in [2.45, 2.75) is 12.1 Å². The molecule has 7 aliphatic rings. The van der Waals surface area contributed by atoms with Crippen LogP contribution in [-0.2, 0) is 21.4 Å². The van der Waals surface area contributed by atoms with Crippen LogP contribution in [0, 0.1) is 40.9 Å². The molecular weight excluding hydrogens is 550 g/mol. The first-order valence-electron chi connectivity index (χ1n) is 13.6. The number of carbonyl (C=O) groups is 3. The Balaban J connectivity index is 0.890. The van der Waals surface area contributed by atoms with E-state index in [-0.39, 0.29) is 47.3 Å². The molecule has 3 heterocycles. The molecule has 1 aromatic carbocycles. The number of hydrogen-bond donors (Lipinski definition) is 4. The van der Waals surface area contributed by atoms with Crippen LogP contribution in [0.5, 0.6) is 5.75 Å². The van der Waals surface area contributed by atoms with Gasteiger partial charge in [0.15, 0.2) is 12.3 Å². The third kappa shape index (κ3) is 2.66. The zero-order valence-corrected chi connectivity index (χ0v) is 22.6. The number of hydrogen-bond acceptors (Lipinski definition) is 8. The summed E-state index contributed by atoms with van der Waals surface area (Å²) >= 11 is 0. The molecule has 0 atom stereocenters. The number of nitrogens with zero attached hydrogens (tertiary/aromatic N) is 3. The largest absolute Gasteiger partial charge is 0.482 e. The monoisotopic (exact) mass is 575 g/mol. The van der Waals surface area contributed by atoms with Crippen molar-refractivity contribution in [3.8, 4) is 5.75 Å². The normalized spacial score (nSPS) is 35.7. The zero-order chi connectivity index (χ0) is 28.1. The topological polar surface area (TPSA) is 173 Å². The van der Waals surface area contributed by atoms with Crippen LogP contribution < -0.4 is 25.4 Å². The summed E-state index contributed by atoms with van der Waals surface area (Å²) in [4.78, 5) is 42.5. The number of benzene rings is 1. The van der Waals surface area contributed by atoms with Gasteiger partial charge in [0.2, 0.25) is 10.0 Å².